The minimum absolute atomic E-state index is 0.0254. The van der Waals surface area contributed by atoms with Gasteiger partial charge in [-0.25, -0.2) is 4.98 Å². The second-order valence-corrected chi connectivity index (χ2v) is 10.5. The Labute approximate surface area is 211 Å². The maximum absolute atomic E-state index is 12.9. The molecular formula is C26H27N5O4S. The van der Waals surface area contributed by atoms with E-state index in [2.05, 4.69) is 10.6 Å². The highest BCUT2D eigenvalue weighted by Crippen LogP contribution is 2.32. The van der Waals surface area contributed by atoms with Gasteiger partial charge in [0.1, 0.15) is 4.90 Å². The number of fused-ring (bicyclic) bond motifs is 1. The molecule has 2 aliphatic heterocycles. The molecule has 2 aromatic carbocycles. The van der Waals surface area contributed by atoms with Crippen LogP contribution < -0.4 is 15.5 Å². The predicted molar refractivity (Wildman–Crippen MR) is 138 cm³/mol. The summed E-state index contributed by atoms with van der Waals surface area (Å²) in [5.41, 5.74) is 2.96. The van der Waals surface area contributed by atoms with Crippen molar-refractivity contribution in [3.63, 3.8) is 0 Å². The first-order chi connectivity index (χ1) is 17.5. The maximum atomic E-state index is 12.9. The lowest BCUT2D eigenvalue weighted by molar-refractivity contribution is -0.136. The van der Waals surface area contributed by atoms with Crippen LogP contribution in [0.3, 0.4) is 0 Å². The fourth-order valence-electron chi connectivity index (χ4n) is 4.53. The average molecular weight is 506 g/mol. The van der Waals surface area contributed by atoms with E-state index in [0.29, 0.717) is 53.9 Å². The molecule has 2 aliphatic rings. The van der Waals surface area contributed by atoms with Crippen molar-refractivity contribution in [2.24, 2.45) is 5.92 Å². The number of nitrogens with one attached hydrogen (secondary N) is 2. The van der Waals surface area contributed by atoms with E-state index in [1.54, 1.807) is 24.3 Å². The summed E-state index contributed by atoms with van der Waals surface area (Å²) in [6.45, 7) is 1.15. The van der Waals surface area contributed by atoms with E-state index in [-0.39, 0.29) is 18.2 Å². The molecule has 3 heterocycles. The zero-order valence-corrected chi connectivity index (χ0v) is 20.5. The van der Waals surface area contributed by atoms with Gasteiger partial charge in [0.15, 0.2) is 5.82 Å². The monoisotopic (exact) mass is 505 g/mol. The third kappa shape index (κ3) is 5.38. The quantitative estimate of drug-likeness (QED) is 0.447. The molecule has 5 rings (SSSR count). The van der Waals surface area contributed by atoms with E-state index in [1.807, 2.05) is 35.2 Å². The van der Waals surface area contributed by atoms with E-state index in [9.17, 15) is 13.8 Å². The van der Waals surface area contributed by atoms with Crippen molar-refractivity contribution >= 4 is 45.8 Å². The Hall–Kier alpha value is -3.79. The highest BCUT2D eigenvalue weighted by atomic mass is 32.2. The molecule has 1 saturated heterocycles. The molecule has 9 nitrogen and oxygen atoms in total. The molecule has 0 unspecified atom stereocenters. The number of aryl methyl sites for hydroxylation is 1. The van der Waals surface area contributed by atoms with E-state index in [0.717, 1.165) is 23.5 Å². The number of carbonyl (C=O) groups is 2. The smallest absolute Gasteiger partial charge is 0.307 e. The van der Waals surface area contributed by atoms with E-state index < -0.39 is 16.8 Å². The lowest BCUT2D eigenvalue weighted by atomic mass is 10.1. The number of benzene rings is 2. The molecule has 1 fully saturated rings. The summed E-state index contributed by atoms with van der Waals surface area (Å²) < 4.78 is 12.9. The lowest BCUT2D eigenvalue weighted by Crippen LogP contribution is -2.29. The number of carbonyl (C=O) groups excluding carboxylic acids is 1. The van der Waals surface area contributed by atoms with Gasteiger partial charge in [0.2, 0.25) is 11.9 Å². The van der Waals surface area contributed by atoms with Crippen molar-refractivity contribution < 1.29 is 18.9 Å². The number of aliphatic carboxylic acids is 1. The largest absolute Gasteiger partial charge is 0.481 e. The van der Waals surface area contributed by atoms with E-state index >= 15 is 0 Å². The van der Waals surface area contributed by atoms with Crippen LogP contribution >= 0.6 is 0 Å². The fraction of sp³-hybridized carbons (Fsp3) is 0.308. The molecule has 3 N–H and O–H groups in total. The number of aromatic nitrogens is 2. The van der Waals surface area contributed by atoms with Crippen LogP contribution in [0.25, 0.3) is 0 Å². The summed E-state index contributed by atoms with van der Waals surface area (Å²) in [7, 11) is -1.21. The van der Waals surface area contributed by atoms with Gasteiger partial charge in [-0.15, -0.1) is 0 Å². The average Bonchev–Trinajstić information content (AvgIpc) is 3.36. The second kappa shape index (κ2) is 10.4. The molecular weight excluding hydrogens is 478 g/mol. The first kappa shape index (κ1) is 23.9. The molecule has 36 heavy (non-hydrogen) atoms. The van der Waals surface area contributed by atoms with Crippen molar-refractivity contribution in [1.29, 1.82) is 0 Å². The SMILES string of the molecule is O=C(O)Cc1ccc(Nc2nc(N3CC[C@H](C(=O)Nc4ccccc4)C3)nc3c2[S@](=O)CCC3)cc1. The Morgan fingerprint density at radius 1 is 1.06 bits per heavy atom. The first-order valence-corrected chi connectivity index (χ1v) is 13.3. The van der Waals surface area contributed by atoms with Crippen molar-refractivity contribution in [3.05, 3.63) is 65.9 Å². The van der Waals surface area contributed by atoms with Gasteiger partial charge in [-0.1, -0.05) is 30.3 Å². The fourth-order valence-corrected chi connectivity index (χ4v) is 5.86. The van der Waals surface area contributed by atoms with Crippen LogP contribution in [-0.4, -0.2) is 50.0 Å². The maximum Gasteiger partial charge on any atom is 0.307 e. The Morgan fingerprint density at radius 2 is 1.83 bits per heavy atom. The van der Waals surface area contributed by atoms with Crippen LogP contribution in [0.2, 0.25) is 0 Å². The Morgan fingerprint density at radius 3 is 2.58 bits per heavy atom. The lowest BCUT2D eigenvalue weighted by Gasteiger charge is -2.23. The Bertz CT molecular complexity index is 1300. The van der Waals surface area contributed by atoms with Gasteiger partial charge < -0.3 is 20.6 Å². The predicted octanol–water partition coefficient (Wildman–Crippen LogP) is 3.37. The van der Waals surface area contributed by atoms with Gasteiger partial charge in [0, 0.05) is 30.2 Å². The van der Waals surface area contributed by atoms with Crippen molar-refractivity contribution in [2.45, 2.75) is 30.6 Å². The van der Waals surface area contributed by atoms with Crippen LogP contribution in [-0.2, 0) is 33.2 Å². The summed E-state index contributed by atoms with van der Waals surface area (Å²) in [6, 6.07) is 16.5. The van der Waals surface area contributed by atoms with Gasteiger partial charge in [-0.05, 0) is 49.1 Å². The highest BCUT2D eigenvalue weighted by molar-refractivity contribution is 7.85. The normalized spacial score (nSPS) is 18.9. The van der Waals surface area contributed by atoms with Gasteiger partial charge in [-0.3, -0.25) is 13.8 Å². The summed E-state index contributed by atoms with van der Waals surface area (Å²) in [5.74, 6) is 0.485. The number of nitrogens with zero attached hydrogens (tertiary/aromatic N) is 3. The van der Waals surface area contributed by atoms with Crippen LogP contribution in [0, 0.1) is 5.92 Å². The van der Waals surface area contributed by atoms with Crippen LogP contribution in [0.4, 0.5) is 23.1 Å². The summed E-state index contributed by atoms with van der Waals surface area (Å²) in [4.78, 5) is 35.9. The molecule has 0 saturated carbocycles. The molecule has 186 valence electrons. The third-order valence-electron chi connectivity index (χ3n) is 6.35. The molecule has 3 aromatic rings. The summed E-state index contributed by atoms with van der Waals surface area (Å²) in [6.07, 6.45) is 2.15. The first-order valence-electron chi connectivity index (χ1n) is 11.9. The molecule has 10 heteroatoms. The number of rotatable bonds is 7. The second-order valence-electron chi connectivity index (χ2n) is 8.98. The van der Waals surface area contributed by atoms with Crippen molar-refractivity contribution in [3.8, 4) is 0 Å². The Balaban J connectivity index is 1.36. The highest BCUT2D eigenvalue weighted by Gasteiger charge is 2.32. The number of para-hydroxylation sites is 1. The zero-order valence-electron chi connectivity index (χ0n) is 19.6. The number of hydrogen-bond donors (Lipinski definition) is 3. The standard InChI is InChI=1S/C26H27N5O4S/c32-22(33)15-17-8-10-20(11-9-17)27-24-23-21(7-4-14-36(23)35)29-26(30-24)31-13-12-18(16-31)25(34)28-19-5-2-1-3-6-19/h1-3,5-6,8-11,18H,4,7,12-16H2,(H,28,34)(H,32,33)(H,27,29,30)/t18-,36+/m0/s1. The van der Waals surface area contributed by atoms with Gasteiger partial charge in [0.25, 0.3) is 0 Å². The molecule has 1 aromatic heterocycles. The topological polar surface area (TPSA) is 125 Å². The van der Waals surface area contributed by atoms with Crippen LogP contribution in [0.1, 0.15) is 24.1 Å². The van der Waals surface area contributed by atoms with Gasteiger partial charge in [0.05, 0.1) is 28.8 Å². The number of amides is 1. The molecule has 0 radical (unpaired) electrons. The van der Waals surface area contributed by atoms with Gasteiger partial charge in [-0.2, -0.15) is 4.98 Å². The molecule has 0 bridgehead atoms. The third-order valence-corrected chi connectivity index (χ3v) is 7.89. The zero-order chi connectivity index (χ0) is 25.1. The number of anilines is 4. The molecule has 2 atom stereocenters. The number of carboxylic acid groups (broad SMARTS) is 1. The van der Waals surface area contributed by atoms with Crippen LogP contribution in [0.5, 0.6) is 0 Å². The van der Waals surface area contributed by atoms with Crippen LogP contribution in [0.15, 0.2) is 59.5 Å². The summed E-state index contributed by atoms with van der Waals surface area (Å²) in [5, 5.41) is 15.3. The summed E-state index contributed by atoms with van der Waals surface area (Å²) >= 11 is 0. The number of hydrogen-bond acceptors (Lipinski definition) is 7. The van der Waals surface area contributed by atoms with Crippen molar-refractivity contribution in [2.75, 3.05) is 34.4 Å². The molecule has 0 spiro atoms. The van der Waals surface area contributed by atoms with Crippen molar-refractivity contribution in [1.82, 2.24) is 9.97 Å². The minimum Gasteiger partial charge on any atom is -0.481 e. The Kier molecular flexibility index (Phi) is 6.95. The molecule has 1 amide bonds. The van der Waals surface area contributed by atoms with Gasteiger partial charge >= 0.3 is 5.97 Å². The molecule has 0 aliphatic carbocycles. The minimum atomic E-state index is -1.21. The van der Waals surface area contributed by atoms with E-state index in [4.69, 9.17) is 15.1 Å². The van der Waals surface area contributed by atoms with E-state index in [1.165, 1.54) is 0 Å². The number of carboxylic acids is 1.